The third kappa shape index (κ3) is 2.03. The quantitative estimate of drug-likeness (QED) is 0.603. The van der Waals surface area contributed by atoms with Gasteiger partial charge in [0.1, 0.15) is 0 Å². The lowest BCUT2D eigenvalue weighted by Gasteiger charge is -2.53. The van der Waals surface area contributed by atoms with Crippen molar-refractivity contribution >= 4 is 0 Å². The molecule has 0 bridgehead atoms. The van der Waals surface area contributed by atoms with E-state index >= 15 is 0 Å². The highest BCUT2D eigenvalue weighted by atomic mass is 16.3. The normalized spacial score (nSPS) is 41.8. The van der Waals surface area contributed by atoms with Gasteiger partial charge in [-0.25, -0.2) is 0 Å². The number of rotatable bonds is 0. The summed E-state index contributed by atoms with van der Waals surface area (Å²) in [4.78, 5) is 0. The molecule has 1 N–H and O–H groups in total. The van der Waals surface area contributed by atoms with Crippen molar-refractivity contribution < 1.29 is 5.11 Å². The minimum Gasteiger partial charge on any atom is -0.389 e. The number of aliphatic hydroxyl groups excluding tert-OH is 1. The molecule has 0 radical (unpaired) electrons. The van der Waals surface area contributed by atoms with Gasteiger partial charge in [-0.1, -0.05) is 38.2 Å². The van der Waals surface area contributed by atoms with Gasteiger partial charge in [0.25, 0.3) is 0 Å². The molecule has 0 saturated heterocycles. The topological polar surface area (TPSA) is 20.2 Å². The van der Waals surface area contributed by atoms with E-state index in [1.54, 1.807) is 0 Å². The van der Waals surface area contributed by atoms with Gasteiger partial charge in [0.2, 0.25) is 0 Å². The first-order valence-electron chi connectivity index (χ1n) is 6.03. The summed E-state index contributed by atoms with van der Waals surface area (Å²) in [6, 6.07) is 0. The van der Waals surface area contributed by atoms with Crippen LogP contribution in [0.1, 0.15) is 39.5 Å². The van der Waals surface area contributed by atoms with Crippen LogP contribution in [0, 0.1) is 17.3 Å². The van der Waals surface area contributed by atoms with Crippen LogP contribution in [0.15, 0.2) is 24.3 Å². The van der Waals surface area contributed by atoms with E-state index in [9.17, 15) is 5.11 Å². The lowest BCUT2D eigenvalue weighted by atomic mass is 9.52. The fourth-order valence-corrected chi connectivity index (χ4v) is 3.24. The summed E-state index contributed by atoms with van der Waals surface area (Å²) in [5.74, 6) is 1.44. The zero-order chi connectivity index (χ0) is 11.1. The van der Waals surface area contributed by atoms with E-state index < -0.39 is 0 Å². The van der Waals surface area contributed by atoms with Crippen molar-refractivity contribution in [3.63, 3.8) is 0 Å². The molecule has 1 nitrogen and oxygen atoms in total. The summed E-state index contributed by atoms with van der Waals surface area (Å²) in [6.45, 7) is 8.89. The Morgan fingerprint density at radius 3 is 2.80 bits per heavy atom. The van der Waals surface area contributed by atoms with E-state index in [0.29, 0.717) is 11.3 Å². The third-order valence-electron chi connectivity index (χ3n) is 4.27. The molecule has 1 heteroatoms. The van der Waals surface area contributed by atoms with Crippen LogP contribution in [0.3, 0.4) is 0 Å². The predicted molar refractivity (Wildman–Crippen MR) is 63.5 cm³/mol. The van der Waals surface area contributed by atoms with Crippen LogP contribution in [0.25, 0.3) is 0 Å². The highest BCUT2D eigenvalue weighted by Crippen LogP contribution is 2.56. The highest BCUT2D eigenvalue weighted by Gasteiger charge is 2.47. The summed E-state index contributed by atoms with van der Waals surface area (Å²) < 4.78 is 0. The fraction of sp³-hybridized carbons (Fsp3) is 0.714. The van der Waals surface area contributed by atoms with Gasteiger partial charge in [-0.15, -0.1) is 0 Å². The Morgan fingerprint density at radius 2 is 2.13 bits per heavy atom. The van der Waals surface area contributed by atoms with E-state index in [0.717, 1.165) is 25.2 Å². The molecule has 84 valence electrons. The molecule has 15 heavy (non-hydrogen) atoms. The van der Waals surface area contributed by atoms with Gasteiger partial charge < -0.3 is 5.11 Å². The van der Waals surface area contributed by atoms with Crippen LogP contribution in [0.2, 0.25) is 0 Å². The van der Waals surface area contributed by atoms with Gasteiger partial charge in [-0.3, -0.25) is 0 Å². The number of aliphatic hydroxyl groups is 1. The van der Waals surface area contributed by atoms with Crippen molar-refractivity contribution in [1.29, 1.82) is 0 Å². The van der Waals surface area contributed by atoms with Crippen LogP contribution < -0.4 is 0 Å². The van der Waals surface area contributed by atoms with Crippen molar-refractivity contribution in [3.8, 4) is 0 Å². The molecule has 2 unspecified atom stereocenters. The summed E-state index contributed by atoms with van der Waals surface area (Å²) in [5, 5.41) is 9.71. The van der Waals surface area contributed by atoms with E-state index in [1.165, 1.54) is 12.0 Å². The summed E-state index contributed by atoms with van der Waals surface area (Å²) in [5.41, 5.74) is 1.82. The molecule has 3 atom stereocenters. The first-order chi connectivity index (χ1) is 7.00. The zero-order valence-corrected chi connectivity index (χ0v) is 9.87. The van der Waals surface area contributed by atoms with Gasteiger partial charge >= 0.3 is 0 Å². The molecule has 0 heterocycles. The number of hydrogen-bond donors (Lipinski definition) is 1. The summed E-state index contributed by atoms with van der Waals surface area (Å²) in [6.07, 6.45) is 8.06. The van der Waals surface area contributed by atoms with Gasteiger partial charge in [-0.05, 0) is 42.9 Å². The van der Waals surface area contributed by atoms with E-state index in [4.69, 9.17) is 0 Å². The molecule has 2 aliphatic carbocycles. The second-order valence-electron chi connectivity index (χ2n) is 5.84. The Bertz CT molecular complexity index is 288. The number of fused-ring (bicyclic) bond motifs is 1. The summed E-state index contributed by atoms with van der Waals surface area (Å²) in [7, 11) is 0. The number of allylic oxidation sites excluding steroid dienone is 2. The average molecular weight is 206 g/mol. The molecule has 0 aromatic rings. The molecular formula is C14H22O. The second kappa shape index (κ2) is 3.79. The molecule has 1 fully saturated rings. The van der Waals surface area contributed by atoms with Crippen molar-refractivity contribution in [3.05, 3.63) is 24.3 Å². The Morgan fingerprint density at radius 1 is 1.40 bits per heavy atom. The van der Waals surface area contributed by atoms with E-state index in [1.807, 2.05) is 6.08 Å². The Labute approximate surface area is 92.9 Å². The molecule has 0 spiro atoms. The third-order valence-corrected chi connectivity index (χ3v) is 4.27. The maximum atomic E-state index is 9.71. The van der Waals surface area contributed by atoms with Gasteiger partial charge in [0.15, 0.2) is 0 Å². The molecular weight excluding hydrogens is 184 g/mol. The Kier molecular flexibility index (Phi) is 2.76. The van der Waals surface area contributed by atoms with Crippen molar-refractivity contribution in [2.45, 2.75) is 45.6 Å². The lowest BCUT2D eigenvalue weighted by Crippen LogP contribution is -2.44. The van der Waals surface area contributed by atoms with E-state index in [-0.39, 0.29) is 6.10 Å². The smallest absolute Gasteiger partial charge is 0.0721 e. The van der Waals surface area contributed by atoms with Crippen molar-refractivity contribution in [1.82, 2.24) is 0 Å². The van der Waals surface area contributed by atoms with E-state index in [2.05, 4.69) is 26.5 Å². The van der Waals surface area contributed by atoms with Crippen molar-refractivity contribution in [2.75, 3.05) is 0 Å². The maximum Gasteiger partial charge on any atom is 0.0721 e. The highest BCUT2D eigenvalue weighted by molar-refractivity contribution is 5.17. The van der Waals surface area contributed by atoms with Gasteiger partial charge in [-0.2, -0.15) is 0 Å². The average Bonchev–Trinajstić information content (AvgIpc) is 2.18. The minimum atomic E-state index is -0.243. The van der Waals surface area contributed by atoms with Gasteiger partial charge in [0.05, 0.1) is 6.10 Å². The predicted octanol–water partition coefficient (Wildman–Crippen LogP) is 3.31. The van der Waals surface area contributed by atoms with Crippen molar-refractivity contribution in [2.24, 2.45) is 17.3 Å². The molecule has 0 amide bonds. The van der Waals surface area contributed by atoms with Crippen LogP contribution in [0.5, 0.6) is 0 Å². The minimum absolute atomic E-state index is 0.243. The van der Waals surface area contributed by atoms with Crippen LogP contribution in [-0.4, -0.2) is 11.2 Å². The second-order valence-corrected chi connectivity index (χ2v) is 5.84. The number of hydrogen-bond acceptors (Lipinski definition) is 1. The monoisotopic (exact) mass is 206 g/mol. The molecule has 2 rings (SSSR count). The SMILES string of the molecule is C=C1C/C=C\[C@H](O)CCC2C1CC2(C)C. The maximum absolute atomic E-state index is 9.71. The van der Waals surface area contributed by atoms with Crippen LogP contribution in [0.4, 0.5) is 0 Å². The Balaban J connectivity index is 2.11. The standard InChI is InChI=1S/C14H22O/c1-10-5-4-6-11(15)7-8-13-12(10)9-14(13,2)3/h4,6,11-13,15H,1,5,7-9H2,2-3H3/b6-4-/t11-,12?,13?/m0/s1. The molecule has 0 aromatic heterocycles. The molecule has 2 aliphatic rings. The first kappa shape index (κ1) is 10.9. The fourth-order valence-electron chi connectivity index (χ4n) is 3.24. The zero-order valence-electron chi connectivity index (χ0n) is 9.87. The Hall–Kier alpha value is -0.560. The largest absolute Gasteiger partial charge is 0.389 e. The van der Waals surface area contributed by atoms with Crippen LogP contribution in [-0.2, 0) is 0 Å². The lowest BCUT2D eigenvalue weighted by molar-refractivity contribution is -0.00273. The molecule has 0 aromatic carbocycles. The molecule has 0 aliphatic heterocycles. The molecule has 1 saturated carbocycles. The first-order valence-corrected chi connectivity index (χ1v) is 6.03. The van der Waals surface area contributed by atoms with Crippen LogP contribution >= 0.6 is 0 Å². The van der Waals surface area contributed by atoms with Gasteiger partial charge in [0, 0.05) is 0 Å². The summed E-state index contributed by atoms with van der Waals surface area (Å²) >= 11 is 0.